The summed E-state index contributed by atoms with van der Waals surface area (Å²) < 4.78 is 10.0. The quantitative estimate of drug-likeness (QED) is 0.807. The molecule has 1 aromatic heterocycles. The highest BCUT2D eigenvalue weighted by Crippen LogP contribution is 2.32. The van der Waals surface area contributed by atoms with E-state index in [1.165, 1.54) is 11.5 Å². The van der Waals surface area contributed by atoms with Crippen molar-refractivity contribution < 1.29 is 14.3 Å². The summed E-state index contributed by atoms with van der Waals surface area (Å²) in [7, 11) is 0. The lowest BCUT2D eigenvalue weighted by atomic mass is 9.81. The van der Waals surface area contributed by atoms with Crippen LogP contribution < -0.4 is 0 Å². The fourth-order valence-corrected chi connectivity index (χ4v) is 3.52. The molecular weight excluding hydrogens is 314 g/mol. The number of piperidine rings is 1. The van der Waals surface area contributed by atoms with E-state index >= 15 is 0 Å². The van der Waals surface area contributed by atoms with Crippen LogP contribution in [0.15, 0.2) is 18.2 Å². The van der Waals surface area contributed by atoms with Gasteiger partial charge in [-0.1, -0.05) is 4.49 Å². The van der Waals surface area contributed by atoms with E-state index in [4.69, 9.17) is 4.74 Å². The number of rotatable bonds is 3. The number of esters is 1. The molecule has 1 aromatic carbocycles. The average Bonchev–Trinajstić information content (AvgIpc) is 3.02. The summed E-state index contributed by atoms with van der Waals surface area (Å²) >= 11 is 1.31. The molecule has 1 saturated heterocycles. The highest BCUT2D eigenvalue weighted by Gasteiger charge is 2.40. The third-order valence-corrected chi connectivity index (χ3v) is 4.95. The maximum Gasteiger partial charge on any atom is 0.313 e. The van der Waals surface area contributed by atoms with Crippen LogP contribution in [-0.2, 0) is 9.53 Å². The molecule has 1 amide bonds. The lowest BCUT2D eigenvalue weighted by Crippen LogP contribution is -2.49. The van der Waals surface area contributed by atoms with Crippen molar-refractivity contribution in [1.82, 2.24) is 14.5 Å². The molecule has 0 N–H and O–H groups in total. The van der Waals surface area contributed by atoms with Crippen LogP contribution in [0, 0.1) is 5.41 Å². The van der Waals surface area contributed by atoms with Gasteiger partial charge in [0, 0.05) is 18.7 Å². The molecule has 7 heteroatoms. The van der Waals surface area contributed by atoms with Crippen molar-refractivity contribution in [3.63, 3.8) is 0 Å². The summed E-state index contributed by atoms with van der Waals surface area (Å²) in [5, 5.41) is 4.01. The smallest absolute Gasteiger partial charge is 0.313 e. The summed E-state index contributed by atoms with van der Waals surface area (Å²) in [6.07, 6.45) is 1.53. The van der Waals surface area contributed by atoms with Crippen molar-refractivity contribution in [3.8, 4) is 0 Å². The first-order chi connectivity index (χ1) is 11.0. The van der Waals surface area contributed by atoms with E-state index in [2.05, 4.69) is 9.59 Å². The third kappa shape index (κ3) is 3.06. The Bertz CT molecular complexity index is 745. The number of aromatic nitrogens is 2. The highest BCUT2D eigenvalue weighted by molar-refractivity contribution is 7.12. The third-order valence-electron chi connectivity index (χ3n) is 4.25. The fourth-order valence-electron chi connectivity index (χ4n) is 2.98. The van der Waals surface area contributed by atoms with Gasteiger partial charge in [0.2, 0.25) is 0 Å². The number of benzene rings is 1. The molecule has 0 bridgehead atoms. The second kappa shape index (κ2) is 6.23. The van der Waals surface area contributed by atoms with Crippen LogP contribution in [0.4, 0.5) is 0 Å². The van der Waals surface area contributed by atoms with Gasteiger partial charge < -0.3 is 9.64 Å². The first-order valence-electron chi connectivity index (χ1n) is 7.72. The minimum atomic E-state index is -0.629. The molecule has 2 heterocycles. The molecule has 1 atom stereocenters. The molecule has 122 valence electrons. The SMILES string of the molecule is CCOC(=O)C1(C)CCCN(C(=O)c2ccc3snnc3c2)C1. The molecule has 0 saturated carbocycles. The number of ether oxygens (including phenoxy) is 1. The predicted molar refractivity (Wildman–Crippen MR) is 87.3 cm³/mol. The molecule has 0 aliphatic carbocycles. The highest BCUT2D eigenvalue weighted by atomic mass is 32.1. The predicted octanol–water partition coefficient (Wildman–Crippen LogP) is 2.50. The Hall–Kier alpha value is -2.02. The number of fused-ring (bicyclic) bond motifs is 1. The molecule has 1 fully saturated rings. The number of nitrogens with zero attached hydrogens (tertiary/aromatic N) is 3. The van der Waals surface area contributed by atoms with Crippen LogP contribution in [0.2, 0.25) is 0 Å². The van der Waals surface area contributed by atoms with Gasteiger partial charge in [-0.25, -0.2) is 0 Å². The Kier molecular flexibility index (Phi) is 4.30. The van der Waals surface area contributed by atoms with Crippen LogP contribution in [0.3, 0.4) is 0 Å². The molecule has 23 heavy (non-hydrogen) atoms. The lowest BCUT2D eigenvalue weighted by Gasteiger charge is -2.38. The molecule has 6 nitrogen and oxygen atoms in total. The first-order valence-corrected chi connectivity index (χ1v) is 8.49. The normalized spacial score (nSPS) is 21.4. The number of carbonyl (C=O) groups excluding carboxylic acids is 2. The van der Waals surface area contributed by atoms with E-state index in [0.717, 1.165) is 23.1 Å². The minimum absolute atomic E-state index is 0.0740. The Morgan fingerprint density at radius 2 is 2.26 bits per heavy atom. The van der Waals surface area contributed by atoms with Crippen molar-refractivity contribution in [3.05, 3.63) is 23.8 Å². The van der Waals surface area contributed by atoms with Gasteiger partial charge in [-0.15, -0.1) is 5.10 Å². The molecule has 0 spiro atoms. The van der Waals surface area contributed by atoms with Gasteiger partial charge in [0.25, 0.3) is 5.91 Å². The number of carbonyl (C=O) groups is 2. The minimum Gasteiger partial charge on any atom is -0.466 e. The van der Waals surface area contributed by atoms with Crippen LogP contribution in [-0.4, -0.2) is 46.1 Å². The summed E-state index contributed by atoms with van der Waals surface area (Å²) in [5.41, 5.74) is 0.681. The summed E-state index contributed by atoms with van der Waals surface area (Å²) in [5.74, 6) is -0.299. The van der Waals surface area contributed by atoms with E-state index in [-0.39, 0.29) is 11.9 Å². The van der Waals surface area contributed by atoms with E-state index in [1.54, 1.807) is 24.0 Å². The second-order valence-electron chi connectivity index (χ2n) is 6.07. The van der Waals surface area contributed by atoms with Crippen molar-refractivity contribution in [2.45, 2.75) is 26.7 Å². The molecule has 2 aromatic rings. The van der Waals surface area contributed by atoms with Gasteiger partial charge in [0.05, 0.1) is 16.7 Å². The average molecular weight is 333 g/mol. The maximum absolute atomic E-state index is 12.8. The lowest BCUT2D eigenvalue weighted by molar-refractivity contribution is -0.157. The van der Waals surface area contributed by atoms with Crippen molar-refractivity contribution in [1.29, 1.82) is 0 Å². The van der Waals surface area contributed by atoms with Crippen molar-refractivity contribution in [2.24, 2.45) is 5.41 Å². The topological polar surface area (TPSA) is 72.4 Å². The van der Waals surface area contributed by atoms with Gasteiger partial charge in [0.1, 0.15) is 5.52 Å². The fraction of sp³-hybridized carbons (Fsp3) is 0.500. The van der Waals surface area contributed by atoms with E-state index < -0.39 is 5.41 Å². The van der Waals surface area contributed by atoms with Crippen LogP contribution in [0.25, 0.3) is 10.2 Å². The van der Waals surface area contributed by atoms with E-state index in [0.29, 0.717) is 25.3 Å². The van der Waals surface area contributed by atoms with Gasteiger partial charge in [-0.2, -0.15) is 0 Å². The Morgan fingerprint density at radius 1 is 1.43 bits per heavy atom. The number of hydrogen-bond acceptors (Lipinski definition) is 6. The molecule has 1 aliphatic rings. The van der Waals surface area contributed by atoms with Crippen LogP contribution in [0.5, 0.6) is 0 Å². The summed E-state index contributed by atoms with van der Waals surface area (Å²) in [4.78, 5) is 26.7. The molecular formula is C16H19N3O3S. The Balaban J connectivity index is 1.80. The second-order valence-corrected chi connectivity index (χ2v) is 6.85. The van der Waals surface area contributed by atoms with Crippen molar-refractivity contribution >= 4 is 33.6 Å². The van der Waals surface area contributed by atoms with E-state index in [9.17, 15) is 9.59 Å². The van der Waals surface area contributed by atoms with Gasteiger partial charge in [-0.05, 0) is 56.4 Å². The summed E-state index contributed by atoms with van der Waals surface area (Å²) in [6, 6.07) is 5.42. The van der Waals surface area contributed by atoms with Gasteiger partial charge >= 0.3 is 5.97 Å². The zero-order chi connectivity index (χ0) is 16.4. The zero-order valence-electron chi connectivity index (χ0n) is 13.2. The van der Waals surface area contributed by atoms with E-state index in [1.807, 2.05) is 13.0 Å². The Labute approximate surface area is 138 Å². The number of likely N-dealkylation sites (tertiary alicyclic amines) is 1. The largest absolute Gasteiger partial charge is 0.466 e. The molecule has 1 unspecified atom stereocenters. The number of amides is 1. The number of hydrogen-bond donors (Lipinski definition) is 0. The van der Waals surface area contributed by atoms with Crippen LogP contribution >= 0.6 is 11.5 Å². The Morgan fingerprint density at radius 3 is 3.04 bits per heavy atom. The molecule has 1 aliphatic heterocycles. The summed E-state index contributed by atoms with van der Waals surface area (Å²) in [6.45, 7) is 5.07. The molecule has 3 rings (SSSR count). The van der Waals surface area contributed by atoms with Gasteiger partial charge in [-0.3, -0.25) is 9.59 Å². The monoisotopic (exact) mass is 333 g/mol. The standard InChI is InChI=1S/C16H19N3O3S/c1-3-22-15(21)16(2)7-4-8-19(10-16)14(20)11-5-6-13-12(9-11)17-18-23-13/h5-6,9H,3-4,7-8,10H2,1-2H3. The van der Waals surface area contributed by atoms with Gasteiger partial charge in [0.15, 0.2) is 0 Å². The maximum atomic E-state index is 12.8. The molecule has 0 radical (unpaired) electrons. The van der Waals surface area contributed by atoms with Crippen LogP contribution in [0.1, 0.15) is 37.0 Å². The van der Waals surface area contributed by atoms with Crippen molar-refractivity contribution in [2.75, 3.05) is 19.7 Å². The zero-order valence-corrected chi connectivity index (χ0v) is 14.1. The first kappa shape index (κ1) is 15.9.